The number of rotatable bonds is 13. The van der Waals surface area contributed by atoms with Crippen LogP contribution in [0.2, 0.25) is 0 Å². The Hall–Kier alpha value is -2.56. The van der Waals surface area contributed by atoms with Gasteiger partial charge in [0.15, 0.2) is 17.7 Å². The first kappa shape index (κ1) is 45.8. The van der Waals surface area contributed by atoms with Crippen LogP contribution in [0.5, 0.6) is 0 Å². The number of methoxy groups -OCH3 is 1. The predicted octanol–water partition coefficient (Wildman–Crippen LogP) is 3.99. The molecule has 0 aromatic rings. The number of hydrogen-bond acceptors (Lipinski definition) is 13. The van der Waals surface area contributed by atoms with Crippen molar-refractivity contribution in [3.8, 4) is 0 Å². The van der Waals surface area contributed by atoms with E-state index in [4.69, 9.17) is 29.2 Å². The normalized spacial score (nSPS) is 38.7. The molecular formula is C38H69N7O9. The molecule has 310 valence electrons. The molecule has 13 atom stereocenters. The molecule has 1 amide bonds. The molecule has 3 heterocycles. The summed E-state index contributed by atoms with van der Waals surface area (Å²) in [4.78, 5) is 50.7. The summed E-state index contributed by atoms with van der Waals surface area (Å²) in [6.45, 7) is 14.8. The van der Waals surface area contributed by atoms with Crippen molar-refractivity contribution in [3.63, 3.8) is 0 Å². The summed E-state index contributed by atoms with van der Waals surface area (Å²) in [6, 6.07) is -1.05. The molecule has 1 unspecified atom stereocenters. The van der Waals surface area contributed by atoms with Crippen molar-refractivity contribution >= 4 is 17.8 Å². The third-order valence-electron chi connectivity index (χ3n) is 11.8. The molecule has 3 rings (SSSR count). The van der Waals surface area contributed by atoms with Gasteiger partial charge in [-0.1, -0.05) is 25.9 Å². The SMILES string of the molecule is CC[C@H]1OC(=O)[C@H](C)C(=O)[C@H](C)[C@@H](O[C@@H]2O[C@H](C)CC(N(C)C)[C@H]2O)[C@](C)(OC)C[C@@H](C)CN[C@H](CCN(C)C)[C@H]2N(CCCCN=[N+]=[N-])C(=O)O[C@]12C. The van der Waals surface area contributed by atoms with Gasteiger partial charge in [0.25, 0.3) is 0 Å². The number of nitrogens with one attached hydrogen (secondary N) is 1. The molecular weight excluding hydrogens is 698 g/mol. The van der Waals surface area contributed by atoms with Gasteiger partial charge in [0, 0.05) is 43.1 Å². The lowest BCUT2D eigenvalue weighted by Gasteiger charge is -2.46. The minimum atomic E-state index is -1.26. The lowest BCUT2D eigenvalue weighted by molar-refractivity contribution is -0.295. The van der Waals surface area contributed by atoms with E-state index in [-0.39, 0.29) is 24.1 Å². The van der Waals surface area contributed by atoms with E-state index in [1.807, 2.05) is 60.8 Å². The molecule has 0 bridgehead atoms. The number of carbonyl (C=O) groups is 3. The maximum atomic E-state index is 14.4. The minimum absolute atomic E-state index is 0.0279. The number of cyclic esters (lactones) is 1. The summed E-state index contributed by atoms with van der Waals surface area (Å²) in [6.07, 6.45) is -1.32. The van der Waals surface area contributed by atoms with E-state index in [1.165, 1.54) is 6.92 Å². The molecule has 0 aromatic heterocycles. The fraction of sp³-hybridized carbons (Fsp3) is 0.921. The Morgan fingerprint density at radius 3 is 2.39 bits per heavy atom. The zero-order valence-electron chi connectivity index (χ0n) is 34.8. The first-order chi connectivity index (χ1) is 25.3. The van der Waals surface area contributed by atoms with E-state index in [0.717, 1.165) is 0 Å². The second-order valence-electron chi connectivity index (χ2n) is 16.7. The van der Waals surface area contributed by atoms with Crippen LogP contribution in [0.25, 0.3) is 10.4 Å². The van der Waals surface area contributed by atoms with E-state index in [9.17, 15) is 19.5 Å². The van der Waals surface area contributed by atoms with Crippen LogP contribution in [0, 0.1) is 17.8 Å². The first-order valence-electron chi connectivity index (χ1n) is 19.7. The van der Waals surface area contributed by atoms with E-state index in [2.05, 4.69) is 27.2 Å². The highest BCUT2D eigenvalue weighted by Gasteiger charge is 2.59. The average molecular weight is 768 g/mol. The van der Waals surface area contributed by atoms with Crippen LogP contribution in [-0.4, -0.2) is 159 Å². The Kier molecular flexibility index (Phi) is 17.0. The highest BCUT2D eigenvalue weighted by Crippen LogP contribution is 2.40. The van der Waals surface area contributed by atoms with Gasteiger partial charge in [0.1, 0.15) is 18.1 Å². The number of carbonyl (C=O) groups excluding carboxylic acids is 3. The van der Waals surface area contributed by atoms with E-state index >= 15 is 0 Å². The monoisotopic (exact) mass is 768 g/mol. The average Bonchev–Trinajstić information content (AvgIpc) is 3.37. The predicted molar refractivity (Wildman–Crippen MR) is 204 cm³/mol. The first-order valence-corrected chi connectivity index (χ1v) is 19.7. The van der Waals surface area contributed by atoms with Crippen molar-refractivity contribution in [1.29, 1.82) is 0 Å². The number of likely N-dealkylation sites (N-methyl/N-ethyl adjacent to an activating group) is 1. The topological polar surface area (TPSA) is 188 Å². The van der Waals surface area contributed by atoms with Gasteiger partial charge in [-0.25, -0.2) is 4.79 Å². The molecule has 0 saturated carbocycles. The number of unbranched alkanes of at least 4 members (excludes halogenated alkanes) is 1. The summed E-state index contributed by atoms with van der Waals surface area (Å²) in [5.74, 6) is -3.21. The molecule has 2 N–H and O–H groups in total. The molecule has 0 aromatic carbocycles. The maximum absolute atomic E-state index is 14.4. The Bertz CT molecular complexity index is 1300. The number of ketones is 1. The molecule has 54 heavy (non-hydrogen) atoms. The largest absolute Gasteiger partial charge is 0.458 e. The Balaban J connectivity index is 2.11. The number of Topliss-reactive ketones (excluding diaryl/α,β-unsaturated/α-hetero) is 1. The highest BCUT2D eigenvalue weighted by molar-refractivity contribution is 6.00. The van der Waals surface area contributed by atoms with Gasteiger partial charge < -0.3 is 43.9 Å². The third kappa shape index (κ3) is 10.8. The lowest BCUT2D eigenvalue weighted by atomic mass is 9.78. The highest BCUT2D eigenvalue weighted by atomic mass is 16.7. The number of aliphatic hydroxyl groups excluding tert-OH is 1. The van der Waals surface area contributed by atoms with Gasteiger partial charge in [-0.3, -0.25) is 14.5 Å². The van der Waals surface area contributed by atoms with E-state index < -0.39 is 71.5 Å². The van der Waals surface area contributed by atoms with Gasteiger partial charge in [-0.15, -0.1) is 0 Å². The molecule has 0 spiro atoms. The van der Waals surface area contributed by atoms with Crippen molar-refractivity contribution in [2.24, 2.45) is 22.9 Å². The number of hydrogen-bond donors (Lipinski definition) is 2. The number of azide groups is 1. The van der Waals surface area contributed by atoms with E-state index in [0.29, 0.717) is 64.7 Å². The second-order valence-corrected chi connectivity index (χ2v) is 16.7. The van der Waals surface area contributed by atoms with E-state index in [1.54, 1.807) is 18.9 Å². The van der Waals surface area contributed by atoms with Crippen molar-refractivity contribution in [2.75, 3.05) is 61.5 Å². The number of aliphatic hydroxyl groups is 1. The quantitative estimate of drug-likeness (QED) is 0.0687. The maximum Gasteiger partial charge on any atom is 0.410 e. The number of nitrogens with zero attached hydrogens (tertiary/aromatic N) is 6. The van der Waals surface area contributed by atoms with Crippen LogP contribution < -0.4 is 5.32 Å². The van der Waals surface area contributed by atoms with Crippen molar-refractivity contribution in [2.45, 2.75) is 147 Å². The molecule has 0 radical (unpaired) electrons. The molecule has 3 aliphatic rings. The zero-order chi connectivity index (χ0) is 40.5. The van der Waals surface area contributed by atoms with Crippen molar-refractivity contribution < 1.29 is 43.2 Å². The summed E-state index contributed by atoms with van der Waals surface area (Å²) in [5, 5.41) is 18.9. The third-order valence-corrected chi connectivity index (χ3v) is 11.8. The molecule has 0 aliphatic carbocycles. The minimum Gasteiger partial charge on any atom is -0.458 e. The van der Waals surface area contributed by atoms with Gasteiger partial charge >= 0.3 is 12.1 Å². The van der Waals surface area contributed by atoms with Crippen molar-refractivity contribution in [1.82, 2.24) is 20.0 Å². The van der Waals surface area contributed by atoms with Crippen molar-refractivity contribution in [3.05, 3.63) is 10.4 Å². The molecule has 3 saturated heterocycles. The van der Waals surface area contributed by atoms with Crippen LogP contribution in [0.1, 0.15) is 87.0 Å². The summed E-state index contributed by atoms with van der Waals surface area (Å²) >= 11 is 0. The van der Waals surface area contributed by atoms with Gasteiger partial charge in [0.2, 0.25) is 0 Å². The van der Waals surface area contributed by atoms with Crippen LogP contribution in [0.4, 0.5) is 4.79 Å². The Labute approximate surface area is 322 Å². The smallest absolute Gasteiger partial charge is 0.410 e. The van der Waals surface area contributed by atoms with Gasteiger partial charge in [-0.2, -0.15) is 0 Å². The second kappa shape index (κ2) is 20.0. The molecule has 3 aliphatic heterocycles. The van der Waals surface area contributed by atoms with Crippen LogP contribution in [0.15, 0.2) is 5.11 Å². The lowest BCUT2D eigenvalue weighted by Crippen LogP contribution is -2.62. The fourth-order valence-electron chi connectivity index (χ4n) is 8.64. The van der Waals surface area contributed by atoms with Gasteiger partial charge in [0.05, 0.1) is 23.9 Å². The standard InChI is InChI=1S/C38H69N7O9/c1-13-29-38(7)32(45(36(49)54-38)18-15-14-17-41-42-39)27(16-19-43(8)9)40-22-23(2)21-37(6,50-12)33(25(4)30(46)26(5)34(48)52-29)53-35-31(47)28(44(10)11)20-24(3)51-35/h23-29,31-33,35,40,47H,13-22H2,1-12H3/t23-,24-,25+,26-,27-,28?,29-,31-,32-,33-,35+,37-,38-/m1/s1. The van der Waals surface area contributed by atoms with Gasteiger partial charge in [-0.05, 0) is 119 Å². The molecule has 3 fully saturated rings. The summed E-state index contributed by atoms with van der Waals surface area (Å²) in [7, 11) is 9.37. The number of amides is 1. The van der Waals surface area contributed by atoms with Crippen LogP contribution in [0.3, 0.4) is 0 Å². The Morgan fingerprint density at radius 2 is 1.80 bits per heavy atom. The van der Waals surface area contributed by atoms with Crippen LogP contribution in [-0.2, 0) is 33.3 Å². The number of fused-ring (bicyclic) bond motifs is 1. The Morgan fingerprint density at radius 1 is 1.11 bits per heavy atom. The summed E-state index contributed by atoms with van der Waals surface area (Å²) < 4.78 is 31.5. The molecule has 16 heteroatoms. The number of ether oxygens (including phenoxy) is 5. The summed E-state index contributed by atoms with van der Waals surface area (Å²) in [5.41, 5.74) is 6.44. The zero-order valence-corrected chi connectivity index (χ0v) is 34.8. The number of esters is 1. The molecule has 16 nitrogen and oxygen atoms in total. The fourth-order valence-corrected chi connectivity index (χ4v) is 8.64. The van der Waals surface area contributed by atoms with Crippen LogP contribution >= 0.6 is 0 Å².